The van der Waals surface area contributed by atoms with Gasteiger partial charge in [0.2, 0.25) is 0 Å². The van der Waals surface area contributed by atoms with Crippen molar-refractivity contribution in [2.24, 2.45) is 5.92 Å². The smallest absolute Gasteiger partial charge is 0.416 e. The van der Waals surface area contributed by atoms with Crippen molar-refractivity contribution >= 4 is 22.6 Å². The van der Waals surface area contributed by atoms with Crippen molar-refractivity contribution in [2.75, 3.05) is 51.3 Å². The Morgan fingerprint density at radius 2 is 1.82 bits per heavy atom. The molecule has 2 aromatic carbocycles. The maximum absolute atomic E-state index is 13.2. The number of fused-ring (bicyclic) bond motifs is 1. The van der Waals surface area contributed by atoms with Gasteiger partial charge in [0.1, 0.15) is 5.58 Å². The molecule has 0 aliphatic carbocycles. The third-order valence-corrected chi connectivity index (χ3v) is 8.19. The summed E-state index contributed by atoms with van der Waals surface area (Å²) in [7, 11) is 1.39. The highest BCUT2D eigenvalue weighted by Gasteiger charge is 2.36. The third kappa shape index (κ3) is 6.33. The zero-order valence-electron chi connectivity index (χ0n) is 22.5. The molecule has 0 unspecified atom stereocenters. The van der Waals surface area contributed by atoms with Crippen LogP contribution >= 0.6 is 0 Å². The van der Waals surface area contributed by atoms with Gasteiger partial charge in [0, 0.05) is 69.5 Å². The van der Waals surface area contributed by atoms with Crippen molar-refractivity contribution in [2.45, 2.75) is 38.0 Å². The molecule has 40 heavy (non-hydrogen) atoms. The quantitative estimate of drug-likeness (QED) is 0.388. The molecule has 10 heteroatoms. The van der Waals surface area contributed by atoms with E-state index >= 15 is 0 Å². The number of anilines is 1. The van der Waals surface area contributed by atoms with E-state index in [4.69, 9.17) is 9.15 Å². The first-order valence-corrected chi connectivity index (χ1v) is 13.7. The molecule has 1 aromatic heterocycles. The topological polar surface area (TPSA) is 66.2 Å². The Hall–Kier alpha value is -3.37. The largest absolute Gasteiger partial charge is 0.469 e. The van der Waals surface area contributed by atoms with E-state index in [0.717, 1.165) is 38.7 Å². The van der Waals surface area contributed by atoms with Gasteiger partial charge in [-0.05, 0) is 49.1 Å². The van der Waals surface area contributed by atoms with Gasteiger partial charge < -0.3 is 14.1 Å². The number of carbonyl (C=O) groups is 1. The number of benzene rings is 2. The second kappa shape index (κ2) is 12.0. The van der Waals surface area contributed by atoms with E-state index in [1.165, 1.54) is 19.2 Å². The van der Waals surface area contributed by atoms with Gasteiger partial charge in [-0.1, -0.05) is 18.2 Å². The van der Waals surface area contributed by atoms with Gasteiger partial charge in [-0.15, -0.1) is 0 Å². The molecular formula is C30H34F3N3O4. The van der Waals surface area contributed by atoms with Crippen molar-refractivity contribution in [3.05, 3.63) is 76.1 Å². The average Bonchev–Trinajstić information content (AvgIpc) is 2.97. The molecule has 2 atom stereocenters. The van der Waals surface area contributed by atoms with E-state index in [1.807, 2.05) is 17.0 Å². The molecule has 0 amide bonds. The molecule has 2 saturated heterocycles. The summed E-state index contributed by atoms with van der Waals surface area (Å²) in [6.07, 6.45) is -0.976. The highest BCUT2D eigenvalue weighted by Crippen LogP contribution is 2.33. The molecule has 3 heterocycles. The lowest BCUT2D eigenvalue weighted by Crippen LogP contribution is -2.56. The molecule has 0 N–H and O–H groups in total. The van der Waals surface area contributed by atoms with E-state index in [1.54, 1.807) is 24.5 Å². The predicted molar refractivity (Wildman–Crippen MR) is 146 cm³/mol. The molecule has 0 bridgehead atoms. The lowest BCUT2D eigenvalue weighted by molar-refractivity contribution is -0.141. The first kappa shape index (κ1) is 28.2. The van der Waals surface area contributed by atoms with Crippen LogP contribution in [0.1, 0.15) is 30.4 Å². The number of likely N-dealkylation sites (tertiary alicyclic amines) is 1. The standard InChI is InChI=1S/C30H34F3N3O4/c1-39-28(37)10-9-21-18-34(19-22-20-40-27-8-3-2-7-25(27)29(22)38)12-11-26(21)36-15-13-35(14-16-36)24-6-4-5-23(17-24)30(31,32)33/h2-8,17,20-21,26H,9-16,18-19H2,1H3/t21-,26+/m1/s1. The Kier molecular flexibility index (Phi) is 8.46. The van der Waals surface area contributed by atoms with Crippen molar-refractivity contribution < 1.29 is 27.1 Å². The van der Waals surface area contributed by atoms with Crippen LogP contribution in [0.2, 0.25) is 0 Å². The highest BCUT2D eigenvalue weighted by molar-refractivity contribution is 5.76. The number of ether oxygens (including phenoxy) is 1. The first-order valence-electron chi connectivity index (χ1n) is 13.7. The molecule has 7 nitrogen and oxygen atoms in total. The lowest BCUT2D eigenvalue weighted by Gasteiger charge is -2.47. The number of carbonyl (C=O) groups excluding carboxylic acids is 1. The van der Waals surface area contributed by atoms with Crippen LogP contribution in [0.3, 0.4) is 0 Å². The van der Waals surface area contributed by atoms with Gasteiger partial charge >= 0.3 is 12.1 Å². The van der Waals surface area contributed by atoms with Crippen LogP contribution in [-0.2, 0) is 22.3 Å². The molecule has 0 radical (unpaired) electrons. The first-order chi connectivity index (χ1) is 19.2. The molecule has 5 rings (SSSR count). The van der Waals surface area contributed by atoms with Gasteiger partial charge in [-0.3, -0.25) is 19.4 Å². The summed E-state index contributed by atoms with van der Waals surface area (Å²) in [5.74, 6) is -0.0686. The summed E-state index contributed by atoms with van der Waals surface area (Å²) in [6, 6.07) is 12.9. The second-order valence-corrected chi connectivity index (χ2v) is 10.6. The number of halogens is 3. The second-order valence-electron chi connectivity index (χ2n) is 10.6. The zero-order valence-corrected chi connectivity index (χ0v) is 22.5. The minimum Gasteiger partial charge on any atom is -0.469 e. The molecule has 0 saturated carbocycles. The number of methoxy groups -OCH3 is 1. The SMILES string of the molecule is COC(=O)CC[C@@H]1CN(Cc2coc3ccccc3c2=O)CC[C@@H]1N1CCN(c2cccc(C(F)(F)F)c2)CC1. The molecule has 2 aliphatic heterocycles. The summed E-state index contributed by atoms with van der Waals surface area (Å²) in [6.45, 7) is 4.69. The summed E-state index contributed by atoms with van der Waals surface area (Å²) < 4.78 is 50.2. The average molecular weight is 558 g/mol. The summed E-state index contributed by atoms with van der Waals surface area (Å²) in [5, 5.41) is 0.566. The van der Waals surface area contributed by atoms with Crippen LogP contribution < -0.4 is 10.3 Å². The van der Waals surface area contributed by atoms with E-state index < -0.39 is 11.7 Å². The molecule has 214 valence electrons. The van der Waals surface area contributed by atoms with E-state index in [9.17, 15) is 22.8 Å². The van der Waals surface area contributed by atoms with E-state index in [2.05, 4.69) is 9.80 Å². The van der Waals surface area contributed by atoms with Crippen LogP contribution in [0.4, 0.5) is 18.9 Å². The Morgan fingerprint density at radius 1 is 1.05 bits per heavy atom. The van der Waals surface area contributed by atoms with Gasteiger partial charge in [0.15, 0.2) is 5.43 Å². The monoisotopic (exact) mass is 557 g/mol. The summed E-state index contributed by atoms with van der Waals surface area (Å²) in [4.78, 5) is 31.7. The maximum Gasteiger partial charge on any atom is 0.416 e. The van der Waals surface area contributed by atoms with Crippen molar-refractivity contribution in [3.8, 4) is 0 Å². The van der Waals surface area contributed by atoms with Gasteiger partial charge in [-0.25, -0.2) is 0 Å². The lowest BCUT2D eigenvalue weighted by atomic mass is 9.86. The third-order valence-electron chi connectivity index (χ3n) is 8.19. The number of piperazine rings is 1. The molecular weight excluding hydrogens is 523 g/mol. The highest BCUT2D eigenvalue weighted by atomic mass is 19.4. The normalized spacial score (nSPS) is 21.1. The van der Waals surface area contributed by atoms with Crippen LogP contribution in [0.5, 0.6) is 0 Å². The van der Waals surface area contributed by atoms with Crippen LogP contribution in [-0.4, -0.2) is 68.2 Å². The van der Waals surface area contributed by atoms with Crippen molar-refractivity contribution in [1.29, 1.82) is 0 Å². The number of hydrogen-bond acceptors (Lipinski definition) is 7. The predicted octanol–water partition coefficient (Wildman–Crippen LogP) is 4.78. The Balaban J connectivity index is 1.26. The number of nitrogens with zero attached hydrogens (tertiary/aromatic N) is 3. The number of hydrogen-bond donors (Lipinski definition) is 0. The van der Waals surface area contributed by atoms with E-state index in [-0.39, 0.29) is 23.4 Å². The van der Waals surface area contributed by atoms with Crippen molar-refractivity contribution in [3.63, 3.8) is 0 Å². The van der Waals surface area contributed by atoms with Crippen LogP contribution in [0, 0.1) is 5.92 Å². The molecule has 3 aromatic rings. The number of rotatable bonds is 7. The molecule has 0 spiro atoms. The molecule has 2 aliphatic rings. The fraction of sp³-hybridized carbons (Fsp3) is 0.467. The van der Waals surface area contributed by atoms with Crippen LogP contribution in [0.25, 0.3) is 11.0 Å². The van der Waals surface area contributed by atoms with Gasteiger partial charge in [0.05, 0.1) is 24.3 Å². The van der Waals surface area contributed by atoms with Gasteiger partial charge in [0.25, 0.3) is 0 Å². The number of alkyl halides is 3. The minimum absolute atomic E-state index is 0.0270. The van der Waals surface area contributed by atoms with Crippen molar-refractivity contribution in [1.82, 2.24) is 9.80 Å². The number of esters is 1. The number of piperidine rings is 1. The Morgan fingerprint density at radius 3 is 2.58 bits per heavy atom. The zero-order chi connectivity index (χ0) is 28.3. The fourth-order valence-corrected chi connectivity index (χ4v) is 6.07. The molecule has 2 fully saturated rings. The number of para-hydroxylation sites is 1. The Bertz CT molecular complexity index is 1380. The minimum atomic E-state index is -4.37. The summed E-state index contributed by atoms with van der Waals surface area (Å²) in [5.41, 5.74) is 1.10. The van der Waals surface area contributed by atoms with E-state index in [0.29, 0.717) is 54.7 Å². The maximum atomic E-state index is 13.2. The fourth-order valence-electron chi connectivity index (χ4n) is 6.07. The van der Waals surface area contributed by atoms with Crippen LogP contribution in [0.15, 0.2) is 64.0 Å². The Labute approximate surface area is 231 Å². The summed E-state index contributed by atoms with van der Waals surface area (Å²) >= 11 is 0. The van der Waals surface area contributed by atoms with Gasteiger partial charge in [-0.2, -0.15) is 13.2 Å².